The highest BCUT2D eigenvalue weighted by Gasteiger charge is 2.19. The third-order valence-electron chi connectivity index (χ3n) is 4.74. The molecule has 0 atom stereocenters. The van der Waals surface area contributed by atoms with Gasteiger partial charge in [0, 0.05) is 25.2 Å². The van der Waals surface area contributed by atoms with E-state index in [-0.39, 0.29) is 17.3 Å². The van der Waals surface area contributed by atoms with Crippen LogP contribution < -0.4 is 18.9 Å². The average molecular weight is 451 g/mol. The predicted molar refractivity (Wildman–Crippen MR) is 118 cm³/mol. The van der Waals surface area contributed by atoms with Crippen LogP contribution in [0.15, 0.2) is 41.3 Å². The van der Waals surface area contributed by atoms with Crippen molar-refractivity contribution in [2.45, 2.75) is 32.2 Å². The molecule has 2 aromatic rings. The van der Waals surface area contributed by atoms with E-state index in [1.807, 2.05) is 20.8 Å². The maximum absolute atomic E-state index is 12.7. The molecule has 9 heteroatoms. The van der Waals surface area contributed by atoms with Crippen LogP contribution in [0.2, 0.25) is 0 Å². The van der Waals surface area contributed by atoms with Gasteiger partial charge in [0.15, 0.2) is 11.5 Å². The summed E-state index contributed by atoms with van der Waals surface area (Å²) in [6, 6.07) is 9.30. The minimum atomic E-state index is -3.78. The van der Waals surface area contributed by atoms with Crippen molar-refractivity contribution in [3.8, 4) is 17.2 Å². The second-order valence-corrected chi connectivity index (χ2v) is 8.36. The number of methoxy groups -OCH3 is 2. The molecule has 2 rings (SSSR count). The second-order valence-electron chi connectivity index (χ2n) is 6.59. The van der Waals surface area contributed by atoms with Crippen LogP contribution in [0.5, 0.6) is 17.2 Å². The van der Waals surface area contributed by atoms with E-state index in [0.717, 1.165) is 0 Å². The lowest BCUT2D eigenvalue weighted by atomic mass is 10.2. The SMILES string of the molecule is CCOc1c(OC)cc(CNS(=O)(=O)c2ccc(C(=O)N(CC)CC)cc2)cc1OC. The average Bonchev–Trinajstić information content (AvgIpc) is 2.79. The molecule has 0 aromatic heterocycles. The number of sulfonamides is 1. The first kappa shape index (κ1) is 24.5. The van der Waals surface area contributed by atoms with Gasteiger partial charge in [-0.05, 0) is 62.7 Å². The molecule has 31 heavy (non-hydrogen) atoms. The van der Waals surface area contributed by atoms with E-state index >= 15 is 0 Å². The zero-order valence-corrected chi connectivity index (χ0v) is 19.4. The zero-order valence-electron chi connectivity index (χ0n) is 18.6. The number of rotatable bonds is 11. The Balaban J connectivity index is 2.19. The smallest absolute Gasteiger partial charge is 0.253 e. The summed E-state index contributed by atoms with van der Waals surface area (Å²) in [5.74, 6) is 1.24. The molecule has 0 radical (unpaired) electrons. The predicted octanol–water partition coefficient (Wildman–Crippen LogP) is 3.06. The lowest BCUT2D eigenvalue weighted by Gasteiger charge is -2.18. The molecular weight excluding hydrogens is 420 g/mol. The summed E-state index contributed by atoms with van der Waals surface area (Å²) in [5.41, 5.74) is 1.10. The summed E-state index contributed by atoms with van der Waals surface area (Å²) in [6.45, 7) is 7.29. The van der Waals surface area contributed by atoms with E-state index in [1.54, 1.807) is 17.0 Å². The number of amides is 1. The Morgan fingerprint density at radius 3 is 1.97 bits per heavy atom. The topological polar surface area (TPSA) is 94.2 Å². The van der Waals surface area contributed by atoms with E-state index in [4.69, 9.17) is 14.2 Å². The Hall–Kier alpha value is -2.78. The van der Waals surface area contributed by atoms with Crippen LogP contribution in [0.3, 0.4) is 0 Å². The minimum absolute atomic E-state index is 0.0294. The van der Waals surface area contributed by atoms with Crippen molar-refractivity contribution in [3.05, 3.63) is 47.5 Å². The minimum Gasteiger partial charge on any atom is -0.493 e. The number of nitrogens with zero attached hydrogens (tertiary/aromatic N) is 1. The standard InChI is InChI=1S/C22H30N2O6S/c1-6-24(7-2)22(25)17-9-11-18(12-10-17)31(26,27)23-15-16-13-19(28-4)21(30-8-3)20(14-16)29-5/h9-14,23H,6-8,15H2,1-5H3. The van der Waals surface area contributed by atoms with Gasteiger partial charge in [-0.3, -0.25) is 4.79 Å². The van der Waals surface area contributed by atoms with Crippen molar-refractivity contribution in [1.82, 2.24) is 9.62 Å². The van der Waals surface area contributed by atoms with Crippen molar-refractivity contribution < 1.29 is 27.4 Å². The molecule has 0 saturated heterocycles. The molecule has 0 spiro atoms. The van der Waals surface area contributed by atoms with Crippen molar-refractivity contribution in [1.29, 1.82) is 0 Å². The number of benzene rings is 2. The highest BCUT2D eigenvalue weighted by molar-refractivity contribution is 7.89. The summed E-state index contributed by atoms with van der Waals surface area (Å²) in [7, 11) is -0.767. The number of hydrogen-bond donors (Lipinski definition) is 1. The first-order chi connectivity index (χ1) is 14.8. The molecule has 0 saturated carbocycles. The number of nitrogens with one attached hydrogen (secondary N) is 1. The van der Waals surface area contributed by atoms with E-state index < -0.39 is 10.0 Å². The van der Waals surface area contributed by atoms with Gasteiger partial charge in [0.05, 0.1) is 25.7 Å². The summed E-state index contributed by atoms with van der Waals surface area (Å²) in [6.07, 6.45) is 0. The monoisotopic (exact) mass is 450 g/mol. The highest BCUT2D eigenvalue weighted by Crippen LogP contribution is 2.38. The Morgan fingerprint density at radius 2 is 1.52 bits per heavy atom. The lowest BCUT2D eigenvalue weighted by Crippen LogP contribution is -2.30. The van der Waals surface area contributed by atoms with Gasteiger partial charge in [-0.2, -0.15) is 0 Å². The molecule has 0 aliphatic rings. The second kappa shape index (κ2) is 11.0. The lowest BCUT2D eigenvalue weighted by molar-refractivity contribution is 0.0773. The van der Waals surface area contributed by atoms with E-state index in [9.17, 15) is 13.2 Å². The van der Waals surface area contributed by atoms with Crippen molar-refractivity contribution in [2.75, 3.05) is 33.9 Å². The van der Waals surface area contributed by atoms with Crippen molar-refractivity contribution in [2.24, 2.45) is 0 Å². The fourth-order valence-electron chi connectivity index (χ4n) is 3.05. The largest absolute Gasteiger partial charge is 0.493 e. The molecule has 0 heterocycles. The van der Waals surface area contributed by atoms with Crippen molar-refractivity contribution in [3.63, 3.8) is 0 Å². The molecule has 1 amide bonds. The quantitative estimate of drug-likeness (QED) is 0.566. The first-order valence-corrected chi connectivity index (χ1v) is 11.6. The summed E-state index contributed by atoms with van der Waals surface area (Å²) >= 11 is 0. The normalized spacial score (nSPS) is 11.1. The first-order valence-electron chi connectivity index (χ1n) is 10.1. The zero-order chi connectivity index (χ0) is 23.0. The summed E-state index contributed by atoms with van der Waals surface area (Å²) < 4.78 is 44.3. The maximum Gasteiger partial charge on any atom is 0.253 e. The van der Waals surface area contributed by atoms with Gasteiger partial charge in [0.2, 0.25) is 15.8 Å². The Morgan fingerprint density at radius 1 is 0.968 bits per heavy atom. The molecule has 0 unspecified atom stereocenters. The van der Waals surface area contributed by atoms with Crippen LogP contribution in [0.25, 0.3) is 0 Å². The Bertz CT molecular complexity index is 961. The molecule has 0 bridgehead atoms. The molecule has 0 aliphatic heterocycles. The maximum atomic E-state index is 12.7. The number of hydrogen-bond acceptors (Lipinski definition) is 6. The van der Waals surface area contributed by atoms with Crippen molar-refractivity contribution >= 4 is 15.9 Å². The molecule has 1 N–H and O–H groups in total. The number of carbonyl (C=O) groups excluding carboxylic acids is 1. The van der Waals surface area contributed by atoms with Gasteiger partial charge in [-0.15, -0.1) is 0 Å². The van der Waals surface area contributed by atoms with Gasteiger partial charge in [0.25, 0.3) is 5.91 Å². The molecule has 0 fully saturated rings. The fourth-order valence-corrected chi connectivity index (χ4v) is 4.07. The van der Waals surface area contributed by atoms with Gasteiger partial charge in [0.1, 0.15) is 0 Å². The van der Waals surface area contributed by atoms with Crippen LogP contribution in [0.1, 0.15) is 36.7 Å². The van der Waals surface area contributed by atoms with E-state index in [2.05, 4.69) is 4.72 Å². The molecule has 0 aliphatic carbocycles. The molecule has 170 valence electrons. The van der Waals surface area contributed by atoms with E-state index in [1.165, 1.54) is 38.5 Å². The van der Waals surface area contributed by atoms with Crippen LogP contribution in [0.4, 0.5) is 0 Å². The third kappa shape index (κ3) is 5.89. The Labute approximate surface area is 184 Å². The van der Waals surface area contributed by atoms with E-state index in [0.29, 0.717) is 48.1 Å². The third-order valence-corrected chi connectivity index (χ3v) is 6.15. The molecular formula is C22H30N2O6S. The van der Waals surface area contributed by atoms with Gasteiger partial charge >= 0.3 is 0 Å². The number of ether oxygens (including phenoxy) is 3. The highest BCUT2D eigenvalue weighted by atomic mass is 32.2. The summed E-state index contributed by atoms with van der Waals surface area (Å²) in [5, 5.41) is 0. The molecule has 8 nitrogen and oxygen atoms in total. The van der Waals surface area contributed by atoms with Gasteiger partial charge in [-0.1, -0.05) is 0 Å². The Kier molecular flexibility index (Phi) is 8.70. The van der Waals surface area contributed by atoms with Crippen LogP contribution >= 0.6 is 0 Å². The van der Waals surface area contributed by atoms with Gasteiger partial charge < -0.3 is 19.1 Å². The summed E-state index contributed by atoms with van der Waals surface area (Å²) in [4.78, 5) is 14.2. The molecule has 2 aromatic carbocycles. The van der Waals surface area contributed by atoms with Crippen LogP contribution in [0, 0.1) is 0 Å². The van der Waals surface area contributed by atoms with Gasteiger partial charge in [-0.25, -0.2) is 13.1 Å². The van der Waals surface area contributed by atoms with Crippen LogP contribution in [-0.4, -0.2) is 53.1 Å². The number of carbonyl (C=O) groups is 1. The fraction of sp³-hybridized carbons (Fsp3) is 0.409. The van der Waals surface area contributed by atoms with Crippen LogP contribution in [-0.2, 0) is 16.6 Å².